The van der Waals surface area contributed by atoms with Crippen molar-refractivity contribution in [3.05, 3.63) is 10.4 Å². The Hall–Kier alpha value is -0.380. The van der Waals surface area contributed by atoms with Crippen LogP contribution in [0.5, 0.6) is 0 Å². The monoisotopic (exact) mass is 214 g/mol. The van der Waals surface area contributed by atoms with Gasteiger partial charge in [0.25, 0.3) is 0 Å². The zero-order valence-corrected chi connectivity index (χ0v) is 9.70. The van der Waals surface area contributed by atoms with Gasteiger partial charge in [0.05, 0.1) is 0 Å². The van der Waals surface area contributed by atoms with Crippen LogP contribution in [-0.2, 0) is 0 Å². The Bertz CT molecular complexity index is 215. The predicted octanol–water partition coefficient (Wildman–Crippen LogP) is 2.51. The van der Waals surface area contributed by atoms with E-state index in [1.54, 1.807) is 0 Å². The second kappa shape index (κ2) is 6.17. The molecule has 0 N–H and O–H groups in total. The molecule has 0 aromatic heterocycles. The van der Waals surface area contributed by atoms with Crippen molar-refractivity contribution in [2.75, 3.05) is 25.4 Å². The van der Waals surface area contributed by atoms with E-state index in [9.17, 15) is 0 Å². The lowest BCUT2D eigenvalue weighted by Crippen LogP contribution is -2.45. The highest BCUT2D eigenvalue weighted by atomic mass is 32.2. The lowest BCUT2D eigenvalue weighted by molar-refractivity contribution is 0.212. The van der Waals surface area contributed by atoms with Crippen LogP contribution in [0.1, 0.15) is 20.3 Å². The van der Waals surface area contributed by atoms with Gasteiger partial charge in [-0.25, -0.2) is 0 Å². The molecule has 0 amide bonds. The maximum atomic E-state index is 8.14. The third-order valence-electron chi connectivity index (χ3n) is 2.78. The van der Waals surface area contributed by atoms with Gasteiger partial charge in [0.2, 0.25) is 0 Å². The van der Waals surface area contributed by atoms with E-state index in [2.05, 4.69) is 40.5 Å². The quantitative estimate of drug-likeness (QED) is 0.312. The SMILES string of the molecule is CC1SCCN(CCCN=[N+]=[N-])C1C. The molecule has 4 nitrogen and oxygen atoms in total. The predicted molar refractivity (Wildman–Crippen MR) is 61.6 cm³/mol. The first kappa shape index (κ1) is 11.7. The average Bonchev–Trinajstić information content (AvgIpc) is 2.19. The summed E-state index contributed by atoms with van der Waals surface area (Å²) in [7, 11) is 0. The Labute approximate surface area is 89.7 Å². The van der Waals surface area contributed by atoms with Crippen LogP contribution in [0.3, 0.4) is 0 Å². The molecule has 1 heterocycles. The third kappa shape index (κ3) is 3.40. The maximum absolute atomic E-state index is 8.14. The Morgan fingerprint density at radius 2 is 2.36 bits per heavy atom. The summed E-state index contributed by atoms with van der Waals surface area (Å²) in [4.78, 5) is 5.25. The van der Waals surface area contributed by atoms with Crippen molar-refractivity contribution in [1.29, 1.82) is 0 Å². The molecule has 0 aromatic rings. The zero-order chi connectivity index (χ0) is 10.4. The van der Waals surface area contributed by atoms with E-state index < -0.39 is 0 Å². The topological polar surface area (TPSA) is 52.0 Å². The molecular weight excluding hydrogens is 196 g/mol. The molecule has 80 valence electrons. The van der Waals surface area contributed by atoms with E-state index in [0.29, 0.717) is 12.6 Å². The number of nitrogens with zero attached hydrogens (tertiary/aromatic N) is 4. The molecule has 1 saturated heterocycles. The zero-order valence-electron chi connectivity index (χ0n) is 8.89. The molecule has 1 rings (SSSR count). The van der Waals surface area contributed by atoms with Gasteiger partial charge in [-0.3, -0.25) is 4.90 Å². The molecule has 0 aliphatic carbocycles. The number of hydrogen-bond donors (Lipinski definition) is 0. The van der Waals surface area contributed by atoms with Crippen LogP contribution in [0, 0.1) is 0 Å². The normalized spacial score (nSPS) is 28.4. The molecule has 5 heteroatoms. The van der Waals surface area contributed by atoms with Gasteiger partial charge < -0.3 is 0 Å². The minimum absolute atomic E-state index is 0.626. The van der Waals surface area contributed by atoms with Crippen LogP contribution in [0.15, 0.2) is 5.11 Å². The highest BCUT2D eigenvalue weighted by molar-refractivity contribution is 8.00. The number of azide groups is 1. The summed E-state index contributed by atoms with van der Waals surface area (Å²) in [6.45, 7) is 7.43. The molecule has 0 spiro atoms. The Morgan fingerprint density at radius 3 is 3.07 bits per heavy atom. The van der Waals surface area contributed by atoms with Crippen molar-refractivity contribution in [2.24, 2.45) is 5.11 Å². The summed E-state index contributed by atoms with van der Waals surface area (Å²) in [5, 5.41) is 4.27. The van der Waals surface area contributed by atoms with Crippen LogP contribution in [-0.4, -0.2) is 41.6 Å². The van der Waals surface area contributed by atoms with Gasteiger partial charge in [-0.2, -0.15) is 11.8 Å². The van der Waals surface area contributed by atoms with E-state index in [1.165, 1.54) is 12.3 Å². The third-order valence-corrected chi connectivity index (χ3v) is 4.12. The van der Waals surface area contributed by atoms with Gasteiger partial charge >= 0.3 is 0 Å². The Balaban J connectivity index is 2.25. The highest BCUT2D eigenvalue weighted by Gasteiger charge is 2.24. The van der Waals surface area contributed by atoms with Crippen molar-refractivity contribution in [2.45, 2.75) is 31.6 Å². The van der Waals surface area contributed by atoms with E-state index in [4.69, 9.17) is 5.53 Å². The molecule has 1 aliphatic heterocycles. The first-order valence-corrected chi connectivity index (χ1v) is 6.17. The summed E-state index contributed by atoms with van der Waals surface area (Å²) >= 11 is 2.05. The number of rotatable bonds is 4. The van der Waals surface area contributed by atoms with Crippen LogP contribution >= 0.6 is 11.8 Å². The first-order chi connectivity index (χ1) is 6.75. The molecule has 0 bridgehead atoms. The lowest BCUT2D eigenvalue weighted by Gasteiger charge is -2.37. The molecule has 14 heavy (non-hydrogen) atoms. The van der Waals surface area contributed by atoms with E-state index >= 15 is 0 Å². The van der Waals surface area contributed by atoms with Crippen molar-refractivity contribution in [3.63, 3.8) is 0 Å². The molecule has 0 radical (unpaired) electrons. The van der Waals surface area contributed by atoms with E-state index in [0.717, 1.165) is 18.2 Å². The number of hydrogen-bond acceptors (Lipinski definition) is 3. The Kier molecular flexibility index (Phi) is 5.15. The van der Waals surface area contributed by atoms with Crippen LogP contribution in [0.25, 0.3) is 10.4 Å². The average molecular weight is 214 g/mol. The standard InChI is InChI=1S/C9H18N4S/c1-8-9(2)14-7-6-13(8)5-3-4-11-12-10/h8-9H,3-7H2,1-2H3. The lowest BCUT2D eigenvalue weighted by atomic mass is 10.2. The summed E-state index contributed by atoms with van der Waals surface area (Å²) in [5.74, 6) is 1.23. The molecule has 0 saturated carbocycles. The maximum Gasteiger partial charge on any atom is 0.0270 e. The van der Waals surface area contributed by atoms with Crippen LogP contribution in [0.2, 0.25) is 0 Å². The van der Waals surface area contributed by atoms with E-state index in [1.807, 2.05) is 0 Å². The van der Waals surface area contributed by atoms with Gasteiger partial charge in [-0.1, -0.05) is 12.0 Å². The summed E-state index contributed by atoms with van der Waals surface area (Å²) in [5.41, 5.74) is 8.14. The number of thioether (sulfide) groups is 1. The van der Waals surface area contributed by atoms with E-state index in [-0.39, 0.29) is 0 Å². The Morgan fingerprint density at radius 1 is 1.57 bits per heavy atom. The van der Waals surface area contributed by atoms with Crippen molar-refractivity contribution in [3.8, 4) is 0 Å². The molecule has 2 unspecified atom stereocenters. The minimum Gasteiger partial charge on any atom is -0.299 e. The van der Waals surface area contributed by atoms with Gasteiger partial charge in [0.15, 0.2) is 0 Å². The van der Waals surface area contributed by atoms with Gasteiger partial charge in [-0.05, 0) is 25.4 Å². The second-order valence-corrected chi connectivity index (χ2v) is 5.15. The smallest absolute Gasteiger partial charge is 0.0270 e. The van der Waals surface area contributed by atoms with Gasteiger partial charge in [0, 0.05) is 35.0 Å². The minimum atomic E-state index is 0.626. The van der Waals surface area contributed by atoms with Crippen LogP contribution < -0.4 is 0 Å². The highest BCUT2D eigenvalue weighted by Crippen LogP contribution is 2.23. The largest absolute Gasteiger partial charge is 0.299 e. The summed E-state index contributed by atoms with van der Waals surface area (Å²) in [6, 6.07) is 0.653. The molecule has 0 aromatic carbocycles. The molecule has 1 aliphatic rings. The fourth-order valence-electron chi connectivity index (χ4n) is 1.70. The van der Waals surface area contributed by atoms with Crippen LogP contribution in [0.4, 0.5) is 0 Å². The van der Waals surface area contributed by atoms with Crippen molar-refractivity contribution >= 4 is 11.8 Å². The fraction of sp³-hybridized carbons (Fsp3) is 1.00. The summed E-state index contributed by atoms with van der Waals surface area (Å²) in [6.07, 6.45) is 0.978. The van der Waals surface area contributed by atoms with Gasteiger partial charge in [0.1, 0.15) is 0 Å². The van der Waals surface area contributed by atoms with Gasteiger partial charge in [-0.15, -0.1) is 0 Å². The molecular formula is C9H18N4S. The first-order valence-electron chi connectivity index (χ1n) is 5.12. The summed E-state index contributed by atoms with van der Waals surface area (Å²) < 4.78 is 0. The molecule has 1 fully saturated rings. The van der Waals surface area contributed by atoms with Crippen molar-refractivity contribution in [1.82, 2.24) is 4.90 Å². The fourth-order valence-corrected chi connectivity index (χ4v) is 2.86. The van der Waals surface area contributed by atoms with Crippen molar-refractivity contribution < 1.29 is 0 Å². The molecule has 2 atom stereocenters. The second-order valence-electron chi connectivity index (χ2n) is 3.66.